The zero-order chi connectivity index (χ0) is 23.5. The molecule has 0 bridgehead atoms. The first-order chi connectivity index (χ1) is 16.6. The van der Waals surface area contributed by atoms with E-state index >= 15 is 0 Å². The van der Waals surface area contributed by atoms with Crippen molar-refractivity contribution in [3.8, 4) is 5.69 Å². The van der Waals surface area contributed by atoms with Crippen LogP contribution < -0.4 is 5.32 Å². The Hall–Kier alpha value is -3.08. The van der Waals surface area contributed by atoms with Crippen LogP contribution in [-0.2, 0) is 11.3 Å². The first kappa shape index (κ1) is 22.7. The molecule has 0 unspecified atom stereocenters. The molecule has 0 radical (unpaired) electrons. The van der Waals surface area contributed by atoms with E-state index in [1.807, 2.05) is 25.1 Å². The van der Waals surface area contributed by atoms with E-state index < -0.39 is 0 Å². The zero-order valence-corrected chi connectivity index (χ0v) is 20.3. The first-order valence-electron chi connectivity index (χ1n) is 12.1. The van der Waals surface area contributed by atoms with Crippen molar-refractivity contribution in [1.29, 1.82) is 0 Å². The highest BCUT2D eigenvalue weighted by Crippen LogP contribution is 2.32. The number of anilines is 1. The van der Waals surface area contributed by atoms with Gasteiger partial charge in [-0.3, -0.25) is 9.69 Å². The van der Waals surface area contributed by atoms with Crippen molar-refractivity contribution in [1.82, 2.24) is 9.47 Å². The van der Waals surface area contributed by atoms with Gasteiger partial charge in [0.1, 0.15) is 0 Å². The van der Waals surface area contributed by atoms with Crippen molar-refractivity contribution < 1.29 is 4.79 Å². The van der Waals surface area contributed by atoms with Crippen molar-refractivity contribution in [2.75, 3.05) is 18.4 Å². The molecule has 1 aliphatic heterocycles. The normalized spacial score (nSPS) is 15.0. The number of benzene rings is 3. The van der Waals surface area contributed by atoms with E-state index in [0.717, 1.165) is 48.9 Å². The average Bonchev–Trinajstić information content (AvgIpc) is 3.23. The maximum absolute atomic E-state index is 11.8. The molecule has 174 valence electrons. The van der Waals surface area contributed by atoms with Crippen LogP contribution >= 0.6 is 11.6 Å². The van der Waals surface area contributed by atoms with Gasteiger partial charge in [-0.1, -0.05) is 48.9 Å². The molecule has 5 heteroatoms. The molecule has 34 heavy (non-hydrogen) atoms. The number of para-hydroxylation sites is 1. The number of carbonyl (C=O) groups is 1. The average molecular weight is 472 g/mol. The molecule has 5 rings (SSSR count). The van der Waals surface area contributed by atoms with Crippen LogP contribution in [0.1, 0.15) is 43.2 Å². The summed E-state index contributed by atoms with van der Waals surface area (Å²) in [6.45, 7) is 4.95. The number of rotatable bonds is 6. The van der Waals surface area contributed by atoms with Gasteiger partial charge < -0.3 is 9.88 Å². The summed E-state index contributed by atoms with van der Waals surface area (Å²) in [5, 5.41) is 5.05. The topological polar surface area (TPSA) is 37.3 Å². The largest absolute Gasteiger partial charge is 0.326 e. The summed E-state index contributed by atoms with van der Waals surface area (Å²) in [5.74, 6) is 0.592. The smallest absolute Gasteiger partial charge is 0.224 e. The van der Waals surface area contributed by atoms with Crippen molar-refractivity contribution in [2.45, 2.75) is 38.6 Å². The quantitative estimate of drug-likeness (QED) is 0.328. The van der Waals surface area contributed by atoms with Crippen molar-refractivity contribution in [3.05, 3.63) is 95.1 Å². The van der Waals surface area contributed by atoms with Gasteiger partial charge in [-0.05, 0) is 85.4 Å². The van der Waals surface area contributed by atoms with E-state index in [1.165, 1.54) is 22.0 Å². The lowest BCUT2D eigenvalue weighted by Gasteiger charge is -2.32. The second-order valence-corrected chi connectivity index (χ2v) is 9.53. The Balaban J connectivity index is 1.29. The van der Waals surface area contributed by atoms with Gasteiger partial charge in [0.2, 0.25) is 5.91 Å². The van der Waals surface area contributed by atoms with Crippen molar-refractivity contribution in [3.63, 3.8) is 0 Å². The lowest BCUT2D eigenvalue weighted by Crippen LogP contribution is -2.32. The van der Waals surface area contributed by atoms with Gasteiger partial charge in [-0.2, -0.15) is 0 Å². The number of nitrogens with zero attached hydrogens (tertiary/aromatic N) is 2. The fourth-order valence-electron chi connectivity index (χ4n) is 4.98. The molecule has 1 aromatic heterocycles. The molecule has 1 saturated heterocycles. The molecular weight excluding hydrogens is 442 g/mol. The van der Waals surface area contributed by atoms with Gasteiger partial charge in [0, 0.05) is 40.9 Å². The number of piperidine rings is 1. The number of amides is 1. The Labute approximate surface area is 206 Å². The number of fused-ring (bicyclic) bond motifs is 1. The highest BCUT2D eigenvalue weighted by Gasteiger charge is 2.22. The lowest BCUT2D eigenvalue weighted by atomic mass is 9.89. The minimum absolute atomic E-state index is 0.0599. The number of carbonyl (C=O) groups excluding carboxylic acids is 1. The number of halogens is 1. The van der Waals surface area contributed by atoms with E-state index in [2.05, 4.69) is 75.6 Å². The number of hydrogen-bond acceptors (Lipinski definition) is 2. The fraction of sp³-hybridized carbons (Fsp3) is 0.276. The standard InChI is InChI=1S/C29H30ClN3O/c1-2-29(34)31-25-7-5-6-22(18-25)21-14-16-32(17-15-21)19-23-20-33(26-12-10-24(30)11-13-26)28-9-4-3-8-27(23)28/h3-13,18,20-21H,2,14-17,19H2,1H3,(H,31,34). The molecular formula is C29H30ClN3O. The van der Waals surface area contributed by atoms with Gasteiger partial charge >= 0.3 is 0 Å². The third-order valence-corrected chi connectivity index (χ3v) is 7.10. The Morgan fingerprint density at radius 1 is 1.00 bits per heavy atom. The molecule has 3 aromatic carbocycles. The van der Waals surface area contributed by atoms with Gasteiger partial charge in [0.25, 0.3) is 0 Å². The van der Waals surface area contributed by atoms with E-state index in [0.29, 0.717) is 12.3 Å². The second kappa shape index (κ2) is 10.0. The zero-order valence-electron chi connectivity index (χ0n) is 19.5. The third kappa shape index (κ3) is 4.89. The molecule has 0 saturated carbocycles. The van der Waals surface area contributed by atoms with Crippen LogP contribution in [-0.4, -0.2) is 28.5 Å². The molecule has 4 aromatic rings. The van der Waals surface area contributed by atoms with Crippen molar-refractivity contribution >= 4 is 34.1 Å². The second-order valence-electron chi connectivity index (χ2n) is 9.10. The third-order valence-electron chi connectivity index (χ3n) is 6.84. The van der Waals surface area contributed by atoms with Gasteiger partial charge in [0.15, 0.2) is 0 Å². The summed E-state index contributed by atoms with van der Waals surface area (Å²) < 4.78 is 2.27. The number of hydrogen-bond donors (Lipinski definition) is 1. The maximum Gasteiger partial charge on any atom is 0.224 e. The summed E-state index contributed by atoms with van der Waals surface area (Å²) >= 11 is 6.11. The Morgan fingerprint density at radius 2 is 1.76 bits per heavy atom. The Kier molecular flexibility index (Phi) is 6.70. The summed E-state index contributed by atoms with van der Waals surface area (Å²) in [4.78, 5) is 14.3. The minimum Gasteiger partial charge on any atom is -0.326 e. The summed E-state index contributed by atoms with van der Waals surface area (Å²) in [7, 11) is 0. The molecule has 2 heterocycles. The van der Waals surface area contributed by atoms with E-state index in [4.69, 9.17) is 11.6 Å². The highest BCUT2D eigenvalue weighted by molar-refractivity contribution is 6.30. The minimum atomic E-state index is 0.0599. The maximum atomic E-state index is 11.8. The van der Waals surface area contributed by atoms with E-state index in [-0.39, 0.29) is 5.91 Å². The van der Waals surface area contributed by atoms with Gasteiger partial charge in [0.05, 0.1) is 5.52 Å². The van der Waals surface area contributed by atoms with Crippen LogP contribution in [0.4, 0.5) is 5.69 Å². The first-order valence-corrected chi connectivity index (χ1v) is 12.5. The monoisotopic (exact) mass is 471 g/mol. The lowest BCUT2D eigenvalue weighted by molar-refractivity contribution is -0.115. The summed E-state index contributed by atoms with van der Waals surface area (Å²) in [5.41, 5.74) is 5.93. The van der Waals surface area contributed by atoms with Gasteiger partial charge in [-0.25, -0.2) is 0 Å². The van der Waals surface area contributed by atoms with Crippen LogP contribution in [0.15, 0.2) is 79.0 Å². The molecule has 1 fully saturated rings. The van der Waals surface area contributed by atoms with Crippen LogP contribution in [0.25, 0.3) is 16.6 Å². The van der Waals surface area contributed by atoms with Crippen LogP contribution in [0.3, 0.4) is 0 Å². The Bertz CT molecular complexity index is 1290. The molecule has 1 aliphatic rings. The molecule has 1 amide bonds. The van der Waals surface area contributed by atoms with Crippen LogP contribution in [0, 0.1) is 0 Å². The number of likely N-dealkylation sites (tertiary alicyclic amines) is 1. The predicted octanol–water partition coefficient (Wildman–Crippen LogP) is 7.01. The molecule has 4 nitrogen and oxygen atoms in total. The summed E-state index contributed by atoms with van der Waals surface area (Å²) in [6, 6.07) is 25.0. The SMILES string of the molecule is CCC(=O)Nc1cccc(C2CCN(Cc3cn(-c4ccc(Cl)cc4)c4ccccc34)CC2)c1. The fourth-order valence-corrected chi connectivity index (χ4v) is 5.10. The van der Waals surface area contributed by atoms with E-state index in [9.17, 15) is 4.79 Å². The molecule has 0 spiro atoms. The van der Waals surface area contributed by atoms with Crippen LogP contribution in [0.5, 0.6) is 0 Å². The number of aromatic nitrogens is 1. The highest BCUT2D eigenvalue weighted by atomic mass is 35.5. The molecule has 0 atom stereocenters. The van der Waals surface area contributed by atoms with E-state index in [1.54, 1.807) is 0 Å². The number of nitrogens with one attached hydrogen (secondary N) is 1. The van der Waals surface area contributed by atoms with Crippen LogP contribution in [0.2, 0.25) is 5.02 Å². The summed E-state index contributed by atoms with van der Waals surface area (Å²) in [6.07, 6.45) is 5.03. The molecule has 1 N–H and O–H groups in total. The predicted molar refractivity (Wildman–Crippen MR) is 141 cm³/mol. The van der Waals surface area contributed by atoms with Crippen molar-refractivity contribution in [2.24, 2.45) is 0 Å². The Morgan fingerprint density at radius 3 is 2.53 bits per heavy atom. The molecule has 0 aliphatic carbocycles. The van der Waals surface area contributed by atoms with Gasteiger partial charge in [-0.15, -0.1) is 0 Å².